The van der Waals surface area contributed by atoms with Gasteiger partial charge < -0.3 is 14.6 Å². The Kier molecular flexibility index (Phi) is 6.37. The van der Waals surface area contributed by atoms with E-state index in [1.54, 1.807) is 0 Å². The lowest BCUT2D eigenvalue weighted by Gasteiger charge is -2.01. The van der Waals surface area contributed by atoms with Crippen LogP contribution in [0, 0.1) is 0 Å². The Labute approximate surface area is 115 Å². The lowest BCUT2D eigenvalue weighted by atomic mass is 10.2. The molecule has 0 spiro atoms. The fourth-order valence-corrected chi connectivity index (χ4v) is 2.02. The second kappa shape index (κ2) is 8.33. The summed E-state index contributed by atoms with van der Waals surface area (Å²) in [5, 5.41) is 7.46. The van der Waals surface area contributed by atoms with Gasteiger partial charge in [-0.05, 0) is 19.3 Å². The maximum atomic E-state index is 5.60. The standard InChI is InChI=1S/C15H26N2O2/c1-2-3-4-5-6-9-18-12-15-10-14(17-19-15)11-16-13-7-8-13/h10,13,16H,2-9,11-12H2,1H3. The number of aromatic nitrogens is 1. The van der Waals surface area contributed by atoms with Crippen molar-refractivity contribution in [3.05, 3.63) is 17.5 Å². The number of nitrogens with zero attached hydrogens (tertiary/aromatic N) is 1. The van der Waals surface area contributed by atoms with Crippen LogP contribution >= 0.6 is 0 Å². The van der Waals surface area contributed by atoms with E-state index in [9.17, 15) is 0 Å². The summed E-state index contributed by atoms with van der Waals surface area (Å²) in [4.78, 5) is 0. The zero-order valence-corrected chi connectivity index (χ0v) is 12.0. The predicted octanol–water partition coefficient (Wildman–Crippen LogP) is 3.41. The molecule has 1 fully saturated rings. The third kappa shape index (κ3) is 6.21. The van der Waals surface area contributed by atoms with Crippen molar-refractivity contribution in [3.8, 4) is 0 Å². The SMILES string of the molecule is CCCCCCCOCc1cc(CNC2CC2)no1. The van der Waals surface area contributed by atoms with Gasteiger partial charge in [-0.25, -0.2) is 0 Å². The molecule has 19 heavy (non-hydrogen) atoms. The van der Waals surface area contributed by atoms with E-state index in [0.29, 0.717) is 12.6 Å². The van der Waals surface area contributed by atoms with Crippen molar-refractivity contribution in [2.24, 2.45) is 0 Å². The summed E-state index contributed by atoms with van der Waals surface area (Å²) in [6, 6.07) is 2.70. The molecule has 4 nitrogen and oxygen atoms in total. The number of hydrogen-bond acceptors (Lipinski definition) is 4. The number of hydrogen-bond donors (Lipinski definition) is 1. The van der Waals surface area contributed by atoms with E-state index in [4.69, 9.17) is 9.26 Å². The maximum Gasteiger partial charge on any atom is 0.162 e. The summed E-state index contributed by atoms with van der Waals surface area (Å²) in [5.41, 5.74) is 0.980. The minimum atomic E-state index is 0.546. The van der Waals surface area contributed by atoms with Gasteiger partial charge in [-0.2, -0.15) is 0 Å². The Balaban J connectivity index is 1.50. The van der Waals surface area contributed by atoms with E-state index < -0.39 is 0 Å². The van der Waals surface area contributed by atoms with E-state index in [-0.39, 0.29) is 0 Å². The number of rotatable bonds is 11. The lowest BCUT2D eigenvalue weighted by Crippen LogP contribution is -2.15. The van der Waals surface area contributed by atoms with Gasteiger partial charge in [-0.15, -0.1) is 0 Å². The Morgan fingerprint density at radius 1 is 1.32 bits per heavy atom. The van der Waals surface area contributed by atoms with Crippen molar-refractivity contribution in [2.75, 3.05) is 6.61 Å². The van der Waals surface area contributed by atoms with E-state index in [2.05, 4.69) is 17.4 Å². The van der Waals surface area contributed by atoms with Crippen LogP contribution in [0.2, 0.25) is 0 Å². The van der Waals surface area contributed by atoms with E-state index in [1.165, 1.54) is 38.5 Å². The molecule has 1 aliphatic carbocycles. The number of ether oxygens (including phenoxy) is 1. The Morgan fingerprint density at radius 3 is 2.95 bits per heavy atom. The van der Waals surface area contributed by atoms with Gasteiger partial charge in [0.1, 0.15) is 6.61 Å². The topological polar surface area (TPSA) is 47.3 Å². The molecular formula is C15H26N2O2. The van der Waals surface area contributed by atoms with Crippen LogP contribution in [0.25, 0.3) is 0 Å². The first-order valence-corrected chi connectivity index (χ1v) is 7.64. The summed E-state index contributed by atoms with van der Waals surface area (Å²) >= 11 is 0. The lowest BCUT2D eigenvalue weighted by molar-refractivity contribution is 0.0975. The fourth-order valence-electron chi connectivity index (χ4n) is 2.02. The molecule has 2 rings (SSSR count). The smallest absolute Gasteiger partial charge is 0.162 e. The molecule has 0 bridgehead atoms. The highest BCUT2D eigenvalue weighted by Crippen LogP contribution is 2.19. The monoisotopic (exact) mass is 266 g/mol. The molecule has 4 heteroatoms. The molecule has 1 N–H and O–H groups in total. The summed E-state index contributed by atoms with van der Waals surface area (Å²) in [6.45, 7) is 4.41. The van der Waals surface area contributed by atoms with Crippen LogP contribution in [0.15, 0.2) is 10.6 Å². The number of unbranched alkanes of at least 4 members (excludes halogenated alkanes) is 4. The molecule has 1 aromatic heterocycles. The maximum absolute atomic E-state index is 5.60. The van der Waals surface area contributed by atoms with Gasteiger partial charge in [0.15, 0.2) is 5.76 Å². The highest BCUT2D eigenvalue weighted by atomic mass is 16.5. The van der Waals surface area contributed by atoms with Gasteiger partial charge in [-0.3, -0.25) is 0 Å². The zero-order valence-electron chi connectivity index (χ0n) is 12.0. The summed E-state index contributed by atoms with van der Waals surface area (Å²) in [5.74, 6) is 0.834. The van der Waals surface area contributed by atoms with Crippen molar-refractivity contribution in [1.29, 1.82) is 0 Å². The van der Waals surface area contributed by atoms with Crippen molar-refractivity contribution in [1.82, 2.24) is 10.5 Å². The average Bonchev–Trinajstić information content (AvgIpc) is 3.15. The molecule has 0 unspecified atom stereocenters. The van der Waals surface area contributed by atoms with Crippen LogP contribution in [-0.4, -0.2) is 17.8 Å². The average molecular weight is 266 g/mol. The largest absolute Gasteiger partial charge is 0.373 e. The van der Waals surface area contributed by atoms with Crippen LogP contribution in [0.4, 0.5) is 0 Å². The molecule has 1 saturated carbocycles. The molecule has 1 aliphatic rings. The Morgan fingerprint density at radius 2 is 2.16 bits per heavy atom. The van der Waals surface area contributed by atoms with Crippen LogP contribution in [-0.2, 0) is 17.9 Å². The second-order valence-corrected chi connectivity index (χ2v) is 5.41. The third-order valence-electron chi connectivity index (χ3n) is 3.39. The highest BCUT2D eigenvalue weighted by Gasteiger charge is 2.20. The highest BCUT2D eigenvalue weighted by molar-refractivity contribution is 5.04. The van der Waals surface area contributed by atoms with E-state index >= 15 is 0 Å². The molecule has 0 aromatic carbocycles. The first-order valence-electron chi connectivity index (χ1n) is 7.64. The molecule has 0 amide bonds. The van der Waals surface area contributed by atoms with Crippen molar-refractivity contribution in [2.45, 2.75) is 71.1 Å². The molecule has 0 atom stereocenters. The Bertz CT molecular complexity index is 348. The van der Waals surface area contributed by atoms with Gasteiger partial charge in [0.25, 0.3) is 0 Å². The molecule has 0 aliphatic heterocycles. The van der Waals surface area contributed by atoms with Crippen molar-refractivity contribution in [3.63, 3.8) is 0 Å². The second-order valence-electron chi connectivity index (χ2n) is 5.41. The first kappa shape index (κ1) is 14.5. The molecule has 1 heterocycles. The third-order valence-corrected chi connectivity index (χ3v) is 3.39. The first-order chi connectivity index (χ1) is 9.38. The van der Waals surface area contributed by atoms with E-state index in [1.807, 2.05) is 6.07 Å². The van der Waals surface area contributed by atoms with Crippen LogP contribution in [0.5, 0.6) is 0 Å². The van der Waals surface area contributed by atoms with Gasteiger partial charge in [0, 0.05) is 25.3 Å². The minimum Gasteiger partial charge on any atom is -0.373 e. The fraction of sp³-hybridized carbons (Fsp3) is 0.800. The van der Waals surface area contributed by atoms with Crippen LogP contribution in [0.1, 0.15) is 63.3 Å². The molecule has 0 saturated heterocycles. The van der Waals surface area contributed by atoms with Gasteiger partial charge in [-0.1, -0.05) is 37.8 Å². The quantitative estimate of drug-likeness (QED) is 0.623. The predicted molar refractivity (Wildman–Crippen MR) is 74.8 cm³/mol. The van der Waals surface area contributed by atoms with Gasteiger partial charge >= 0.3 is 0 Å². The van der Waals surface area contributed by atoms with Gasteiger partial charge in [0.2, 0.25) is 0 Å². The summed E-state index contributed by atoms with van der Waals surface area (Å²) in [6.07, 6.45) is 8.94. The zero-order chi connectivity index (χ0) is 13.3. The van der Waals surface area contributed by atoms with Crippen molar-refractivity contribution < 1.29 is 9.26 Å². The van der Waals surface area contributed by atoms with Crippen molar-refractivity contribution >= 4 is 0 Å². The van der Waals surface area contributed by atoms with Crippen LogP contribution < -0.4 is 5.32 Å². The molecular weight excluding hydrogens is 240 g/mol. The van der Waals surface area contributed by atoms with E-state index in [0.717, 1.165) is 31.0 Å². The molecule has 108 valence electrons. The molecule has 0 radical (unpaired) electrons. The minimum absolute atomic E-state index is 0.546. The summed E-state index contributed by atoms with van der Waals surface area (Å²) in [7, 11) is 0. The normalized spacial score (nSPS) is 15.0. The Hall–Kier alpha value is -0.870. The van der Waals surface area contributed by atoms with Gasteiger partial charge in [0.05, 0.1) is 5.69 Å². The van der Waals surface area contributed by atoms with Crippen LogP contribution in [0.3, 0.4) is 0 Å². The summed E-state index contributed by atoms with van der Waals surface area (Å²) < 4.78 is 10.8. The molecule has 1 aromatic rings. The number of nitrogens with one attached hydrogen (secondary N) is 1.